The summed E-state index contributed by atoms with van der Waals surface area (Å²) < 4.78 is 40.5. The summed E-state index contributed by atoms with van der Waals surface area (Å²) in [6, 6.07) is 13.4. The number of hydrogen-bond acceptors (Lipinski definition) is 4. The highest BCUT2D eigenvalue weighted by molar-refractivity contribution is 6.05. The molecule has 0 fully saturated rings. The number of rotatable bonds is 2. The Morgan fingerprint density at radius 2 is 1.72 bits per heavy atom. The van der Waals surface area contributed by atoms with Crippen LogP contribution in [0.5, 0.6) is 0 Å². The largest absolute Gasteiger partial charge is 0.438 e. The van der Waals surface area contributed by atoms with Crippen molar-refractivity contribution in [2.24, 2.45) is 5.10 Å². The second kappa shape index (κ2) is 5.89. The van der Waals surface area contributed by atoms with Crippen LogP contribution in [0.15, 0.2) is 59.7 Å². The quantitative estimate of drug-likeness (QED) is 0.819. The number of hydrogen-bond donors (Lipinski definition) is 2. The van der Waals surface area contributed by atoms with Crippen LogP contribution in [0.3, 0.4) is 0 Å². The molecule has 0 unspecified atom stereocenters. The Labute approximate surface area is 141 Å². The van der Waals surface area contributed by atoms with Gasteiger partial charge in [-0.25, -0.2) is 0 Å². The minimum atomic E-state index is -5.07. The van der Waals surface area contributed by atoms with Crippen molar-refractivity contribution >= 4 is 17.3 Å². The molecule has 1 heterocycles. The van der Waals surface area contributed by atoms with Crippen molar-refractivity contribution < 1.29 is 23.1 Å². The lowest BCUT2D eigenvalue weighted by Gasteiger charge is -2.32. The first-order valence-corrected chi connectivity index (χ1v) is 7.34. The molecule has 8 heteroatoms. The number of nitrogens with zero attached hydrogens (tertiary/aromatic N) is 2. The Morgan fingerprint density at radius 1 is 1.12 bits per heavy atom. The number of amides is 1. The zero-order chi connectivity index (χ0) is 18.2. The predicted molar refractivity (Wildman–Crippen MR) is 85.6 cm³/mol. The maximum Gasteiger partial charge on any atom is 0.438 e. The molecule has 3 rings (SSSR count). The smallest absolute Gasteiger partial charge is 0.399 e. The molecular weight excluding hydrogens is 335 g/mol. The van der Waals surface area contributed by atoms with E-state index in [4.69, 9.17) is 5.73 Å². The summed E-state index contributed by atoms with van der Waals surface area (Å²) in [7, 11) is 0. The van der Waals surface area contributed by atoms with Gasteiger partial charge >= 0.3 is 6.18 Å². The van der Waals surface area contributed by atoms with E-state index in [2.05, 4.69) is 5.10 Å². The average molecular weight is 349 g/mol. The van der Waals surface area contributed by atoms with Gasteiger partial charge in [0, 0.05) is 11.3 Å². The molecule has 25 heavy (non-hydrogen) atoms. The number of anilines is 1. The molecule has 0 saturated carbocycles. The van der Waals surface area contributed by atoms with Crippen molar-refractivity contribution in [1.29, 1.82) is 0 Å². The summed E-state index contributed by atoms with van der Waals surface area (Å²) in [5, 5.41) is 14.1. The lowest BCUT2D eigenvalue weighted by molar-refractivity contribution is -0.297. The van der Waals surface area contributed by atoms with E-state index in [0.717, 1.165) is 0 Å². The number of aliphatic hydroxyl groups is 1. The molecule has 0 bridgehead atoms. The van der Waals surface area contributed by atoms with Gasteiger partial charge in [-0.05, 0) is 29.8 Å². The van der Waals surface area contributed by atoms with Gasteiger partial charge in [0.05, 0.1) is 12.1 Å². The normalized spacial score (nSPS) is 20.5. The van der Waals surface area contributed by atoms with Crippen LogP contribution in [0.4, 0.5) is 18.9 Å². The molecule has 2 aromatic rings. The fraction of sp³-hybridized carbons (Fsp3) is 0.176. The van der Waals surface area contributed by atoms with Crippen LogP contribution in [-0.4, -0.2) is 33.6 Å². The molecule has 2 aromatic carbocycles. The summed E-state index contributed by atoms with van der Waals surface area (Å²) in [5.41, 5.74) is 2.79. The Kier molecular flexibility index (Phi) is 4.00. The lowest BCUT2D eigenvalue weighted by atomic mass is 10.0. The first-order chi connectivity index (χ1) is 11.7. The molecule has 0 aromatic heterocycles. The highest BCUT2D eigenvalue weighted by Gasteiger charge is 2.63. The van der Waals surface area contributed by atoms with Crippen molar-refractivity contribution in [2.45, 2.75) is 18.3 Å². The summed E-state index contributed by atoms with van der Waals surface area (Å²) in [6.45, 7) is 0. The molecule has 1 atom stereocenters. The van der Waals surface area contributed by atoms with Gasteiger partial charge in [-0.15, -0.1) is 0 Å². The van der Waals surface area contributed by atoms with Crippen LogP contribution in [-0.2, 0) is 0 Å². The number of benzene rings is 2. The van der Waals surface area contributed by atoms with E-state index in [1.807, 2.05) is 0 Å². The van der Waals surface area contributed by atoms with Gasteiger partial charge in [0.1, 0.15) is 0 Å². The minimum Gasteiger partial charge on any atom is -0.399 e. The van der Waals surface area contributed by atoms with Gasteiger partial charge in [-0.1, -0.05) is 30.3 Å². The summed E-state index contributed by atoms with van der Waals surface area (Å²) >= 11 is 0. The molecule has 1 aliphatic rings. The first-order valence-electron chi connectivity index (χ1n) is 7.34. The van der Waals surface area contributed by atoms with Gasteiger partial charge in [0.15, 0.2) is 0 Å². The zero-order valence-corrected chi connectivity index (χ0v) is 12.9. The van der Waals surface area contributed by atoms with E-state index in [-0.39, 0.29) is 16.3 Å². The molecule has 3 N–H and O–H groups in total. The molecule has 1 amide bonds. The highest BCUT2D eigenvalue weighted by atomic mass is 19.4. The second-order valence-electron chi connectivity index (χ2n) is 5.64. The van der Waals surface area contributed by atoms with Crippen molar-refractivity contribution in [3.05, 3.63) is 65.7 Å². The van der Waals surface area contributed by atoms with Gasteiger partial charge in [-0.2, -0.15) is 23.3 Å². The molecule has 1 aliphatic heterocycles. The van der Waals surface area contributed by atoms with Crippen LogP contribution in [0.2, 0.25) is 0 Å². The Balaban J connectivity index is 2.04. The highest BCUT2D eigenvalue weighted by Crippen LogP contribution is 2.41. The third kappa shape index (κ3) is 2.96. The number of alkyl halides is 3. The Hall–Kier alpha value is -2.87. The molecule has 0 aliphatic carbocycles. The standard InChI is InChI=1S/C17H14F3N3O2/c18-17(19,20)16(25)10-14(11-4-2-1-3-5-11)22-23(16)15(24)12-6-8-13(21)9-7-12/h1-9,25H,10,21H2/t16-/m0/s1. The van der Waals surface area contributed by atoms with Gasteiger partial charge < -0.3 is 10.8 Å². The monoisotopic (exact) mass is 349 g/mol. The molecule has 0 radical (unpaired) electrons. The molecular formula is C17H14F3N3O2. The number of hydrazone groups is 1. The van der Waals surface area contributed by atoms with E-state index in [9.17, 15) is 23.1 Å². The van der Waals surface area contributed by atoms with Crippen molar-refractivity contribution in [1.82, 2.24) is 5.01 Å². The summed E-state index contributed by atoms with van der Waals surface area (Å²) in [6.07, 6.45) is -5.92. The van der Waals surface area contributed by atoms with Crippen LogP contribution in [0.1, 0.15) is 22.3 Å². The fourth-order valence-electron chi connectivity index (χ4n) is 2.52. The van der Waals surface area contributed by atoms with Gasteiger partial charge in [-0.3, -0.25) is 4.79 Å². The Bertz CT molecular complexity index is 819. The van der Waals surface area contributed by atoms with E-state index in [1.165, 1.54) is 24.3 Å². The van der Waals surface area contributed by atoms with Crippen molar-refractivity contribution in [2.75, 3.05) is 5.73 Å². The van der Waals surface area contributed by atoms with Gasteiger partial charge in [0.25, 0.3) is 11.6 Å². The van der Waals surface area contributed by atoms with Crippen LogP contribution in [0, 0.1) is 0 Å². The van der Waals surface area contributed by atoms with Crippen molar-refractivity contribution in [3.63, 3.8) is 0 Å². The van der Waals surface area contributed by atoms with Crippen LogP contribution < -0.4 is 5.73 Å². The summed E-state index contributed by atoms with van der Waals surface area (Å²) in [4.78, 5) is 12.5. The molecule has 0 saturated heterocycles. The second-order valence-corrected chi connectivity index (χ2v) is 5.64. The van der Waals surface area contributed by atoms with Crippen LogP contribution >= 0.6 is 0 Å². The topological polar surface area (TPSA) is 78.9 Å². The molecule has 0 spiro atoms. The number of nitrogen functional groups attached to an aromatic ring is 1. The van der Waals surface area contributed by atoms with Crippen molar-refractivity contribution in [3.8, 4) is 0 Å². The third-order valence-corrected chi connectivity index (χ3v) is 3.90. The van der Waals surface area contributed by atoms with E-state index >= 15 is 0 Å². The first kappa shape index (κ1) is 17.0. The number of carbonyl (C=O) groups is 1. The maximum atomic E-state index is 13.5. The van der Waals surface area contributed by atoms with Crippen LogP contribution in [0.25, 0.3) is 0 Å². The van der Waals surface area contributed by atoms with E-state index in [1.54, 1.807) is 30.3 Å². The van der Waals surface area contributed by atoms with E-state index < -0.39 is 24.2 Å². The Morgan fingerprint density at radius 3 is 2.28 bits per heavy atom. The zero-order valence-electron chi connectivity index (χ0n) is 12.9. The van der Waals surface area contributed by atoms with E-state index in [0.29, 0.717) is 11.3 Å². The predicted octanol–water partition coefficient (Wildman–Crippen LogP) is 2.77. The summed E-state index contributed by atoms with van der Waals surface area (Å²) in [5.74, 6) is -1.06. The number of carbonyl (C=O) groups excluding carboxylic acids is 1. The number of nitrogens with two attached hydrogens (primary N) is 1. The fourth-order valence-corrected chi connectivity index (χ4v) is 2.52. The minimum absolute atomic E-state index is 0.0239. The molecule has 130 valence electrons. The van der Waals surface area contributed by atoms with Gasteiger partial charge in [0.2, 0.25) is 0 Å². The maximum absolute atomic E-state index is 13.5. The lowest BCUT2D eigenvalue weighted by Crippen LogP contribution is -2.56. The molecule has 5 nitrogen and oxygen atoms in total. The number of halogens is 3. The SMILES string of the molecule is Nc1ccc(C(=O)N2N=C(c3ccccc3)C[C@]2(O)C(F)(F)F)cc1. The third-order valence-electron chi connectivity index (χ3n) is 3.90. The average Bonchev–Trinajstić information content (AvgIpc) is 2.95.